The first-order valence-corrected chi connectivity index (χ1v) is 9.11. The molecular formula is C21H22ClNO2. The molecule has 0 N–H and O–H groups in total. The van der Waals surface area contributed by atoms with E-state index in [1.807, 2.05) is 47.4 Å². The van der Waals surface area contributed by atoms with Gasteiger partial charge in [0.1, 0.15) is 0 Å². The summed E-state index contributed by atoms with van der Waals surface area (Å²) in [6.07, 6.45) is 4.10. The zero-order chi connectivity index (χ0) is 17.8. The van der Waals surface area contributed by atoms with Crippen LogP contribution in [-0.2, 0) is 17.6 Å². The molecule has 0 spiro atoms. The highest BCUT2D eigenvalue weighted by atomic mass is 35.5. The SMILES string of the molecule is CC(=O)c1ccc2c(c1)N(C(=O)CCCc1ccc(Cl)cc1)CCC2. The fourth-order valence-electron chi connectivity index (χ4n) is 3.28. The van der Waals surface area contributed by atoms with Crippen molar-refractivity contribution in [2.75, 3.05) is 11.4 Å². The van der Waals surface area contributed by atoms with Gasteiger partial charge in [-0.1, -0.05) is 35.9 Å². The minimum absolute atomic E-state index is 0.0310. The normalized spacial score (nSPS) is 13.4. The molecule has 1 aliphatic rings. The lowest BCUT2D eigenvalue weighted by Crippen LogP contribution is -2.35. The average molecular weight is 356 g/mol. The van der Waals surface area contributed by atoms with Crippen molar-refractivity contribution in [3.8, 4) is 0 Å². The third kappa shape index (κ3) is 4.29. The van der Waals surface area contributed by atoms with E-state index in [0.29, 0.717) is 12.0 Å². The van der Waals surface area contributed by atoms with Crippen molar-refractivity contribution >= 4 is 29.0 Å². The van der Waals surface area contributed by atoms with E-state index >= 15 is 0 Å². The Bertz CT molecular complexity index is 783. The smallest absolute Gasteiger partial charge is 0.226 e. The molecule has 0 radical (unpaired) electrons. The van der Waals surface area contributed by atoms with Crippen LogP contribution in [0.2, 0.25) is 5.02 Å². The summed E-state index contributed by atoms with van der Waals surface area (Å²) in [5, 5.41) is 0.728. The highest BCUT2D eigenvalue weighted by Crippen LogP contribution is 2.29. The lowest BCUT2D eigenvalue weighted by molar-refractivity contribution is -0.118. The molecular weight excluding hydrogens is 334 g/mol. The minimum atomic E-state index is 0.0310. The molecule has 2 aromatic carbocycles. The Hall–Kier alpha value is -2.13. The third-order valence-electron chi connectivity index (χ3n) is 4.68. The third-order valence-corrected chi connectivity index (χ3v) is 4.93. The minimum Gasteiger partial charge on any atom is -0.312 e. The van der Waals surface area contributed by atoms with E-state index < -0.39 is 0 Å². The van der Waals surface area contributed by atoms with Crippen LogP contribution in [0.1, 0.15) is 47.7 Å². The van der Waals surface area contributed by atoms with Crippen LogP contribution in [0.4, 0.5) is 5.69 Å². The summed E-state index contributed by atoms with van der Waals surface area (Å²) in [4.78, 5) is 26.2. The van der Waals surface area contributed by atoms with Gasteiger partial charge in [0.2, 0.25) is 5.91 Å². The largest absolute Gasteiger partial charge is 0.312 e. The Morgan fingerprint density at radius 1 is 1.12 bits per heavy atom. The van der Waals surface area contributed by atoms with Gasteiger partial charge < -0.3 is 4.90 Å². The van der Waals surface area contributed by atoms with E-state index in [0.717, 1.165) is 48.5 Å². The number of anilines is 1. The van der Waals surface area contributed by atoms with Crippen molar-refractivity contribution in [1.82, 2.24) is 0 Å². The molecule has 0 unspecified atom stereocenters. The van der Waals surface area contributed by atoms with Crippen LogP contribution in [0.5, 0.6) is 0 Å². The number of rotatable bonds is 5. The fourth-order valence-corrected chi connectivity index (χ4v) is 3.41. The van der Waals surface area contributed by atoms with Gasteiger partial charge in [-0.3, -0.25) is 9.59 Å². The van der Waals surface area contributed by atoms with Crippen LogP contribution in [0.25, 0.3) is 0 Å². The van der Waals surface area contributed by atoms with Gasteiger partial charge in [0.05, 0.1) is 0 Å². The number of ketones is 1. The van der Waals surface area contributed by atoms with Crippen LogP contribution in [0.3, 0.4) is 0 Å². The maximum atomic E-state index is 12.7. The summed E-state index contributed by atoms with van der Waals surface area (Å²) >= 11 is 5.90. The zero-order valence-electron chi connectivity index (χ0n) is 14.4. The van der Waals surface area contributed by atoms with Crippen molar-refractivity contribution in [2.45, 2.75) is 39.0 Å². The van der Waals surface area contributed by atoms with Crippen molar-refractivity contribution in [3.05, 3.63) is 64.2 Å². The first kappa shape index (κ1) is 17.7. The second-order valence-corrected chi connectivity index (χ2v) is 6.97. The maximum Gasteiger partial charge on any atom is 0.226 e. The molecule has 1 aliphatic heterocycles. The van der Waals surface area contributed by atoms with Crippen LogP contribution < -0.4 is 4.90 Å². The molecule has 2 aromatic rings. The number of Topliss-reactive ketones (excluding diaryl/α,β-unsaturated/α-hetero) is 1. The highest BCUT2D eigenvalue weighted by Gasteiger charge is 2.22. The summed E-state index contributed by atoms with van der Waals surface area (Å²) in [6, 6.07) is 13.5. The zero-order valence-corrected chi connectivity index (χ0v) is 15.2. The Balaban J connectivity index is 1.66. The fraction of sp³-hybridized carbons (Fsp3) is 0.333. The molecule has 0 fully saturated rings. The Morgan fingerprint density at radius 2 is 1.88 bits per heavy atom. The Kier molecular flexibility index (Phi) is 5.54. The monoisotopic (exact) mass is 355 g/mol. The van der Waals surface area contributed by atoms with Crippen molar-refractivity contribution in [1.29, 1.82) is 0 Å². The first-order valence-electron chi connectivity index (χ1n) is 8.73. The topological polar surface area (TPSA) is 37.4 Å². The molecule has 0 saturated carbocycles. The molecule has 1 heterocycles. The van der Waals surface area contributed by atoms with Gasteiger partial charge in [-0.15, -0.1) is 0 Å². The lowest BCUT2D eigenvalue weighted by Gasteiger charge is -2.30. The van der Waals surface area contributed by atoms with Gasteiger partial charge in [0, 0.05) is 29.2 Å². The van der Waals surface area contributed by atoms with Crippen LogP contribution in [-0.4, -0.2) is 18.2 Å². The van der Waals surface area contributed by atoms with E-state index in [1.165, 1.54) is 5.56 Å². The van der Waals surface area contributed by atoms with Gasteiger partial charge in [-0.05, 0) is 61.9 Å². The van der Waals surface area contributed by atoms with E-state index in [1.54, 1.807) is 6.92 Å². The van der Waals surface area contributed by atoms with E-state index in [4.69, 9.17) is 11.6 Å². The van der Waals surface area contributed by atoms with Crippen LogP contribution >= 0.6 is 11.6 Å². The molecule has 3 rings (SSSR count). The number of aryl methyl sites for hydroxylation is 2. The van der Waals surface area contributed by atoms with Crippen molar-refractivity contribution in [2.24, 2.45) is 0 Å². The van der Waals surface area contributed by atoms with Gasteiger partial charge in [0.15, 0.2) is 5.78 Å². The molecule has 0 saturated heterocycles. The highest BCUT2D eigenvalue weighted by molar-refractivity contribution is 6.30. The van der Waals surface area contributed by atoms with Gasteiger partial charge in [-0.25, -0.2) is 0 Å². The first-order chi connectivity index (χ1) is 12.0. The van der Waals surface area contributed by atoms with Crippen molar-refractivity contribution < 1.29 is 9.59 Å². The van der Waals surface area contributed by atoms with Crippen LogP contribution in [0, 0.1) is 0 Å². The molecule has 0 aromatic heterocycles. The summed E-state index contributed by atoms with van der Waals surface area (Å²) in [7, 11) is 0. The average Bonchev–Trinajstić information content (AvgIpc) is 2.62. The second kappa shape index (κ2) is 7.83. The number of carbonyl (C=O) groups excluding carboxylic acids is 2. The quantitative estimate of drug-likeness (QED) is 0.719. The summed E-state index contributed by atoms with van der Waals surface area (Å²) in [6.45, 7) is 2.29. The number of fused-ring (bicyclic) bond motifs is 1. The van der Waals surface area contributed by atoms with Gasteiger partial charge >= 0.3 is 0 Å². The number of halogens is 1. The van der Waals surface area contributed by atoms with E-state index in [-0.39, 0.29) is 11.7 Å². The Morgan fingerprint density at radius 3 is 2.60 bits per heavy atom. The predicted molar refractivity (Wildman–Crippen MR) is 102 cm³/mol. The molecule has 0 aliphatic carbocycles. The second-order valence-electron chi connectivity index (χ2n) is 6.53. The molecule has 0 atom stereocenters. The molecule has 0 bridgehead atoms. The molecule has 25 heavy (non-hydrogen) atoms. The summed E-state index contributed by atoms with van der Waals surface area (Å²) < 4.78 is 0. The number of hydrogen-bond donors (Lipinski definition) is 0. The summed E-state index contributed by atoms with van der Waals surface area (Å²) in [5.74, 6) is 0.166. The van der Waals surface area contributed by atoms with E-state index in [9.17, 15) is 9.59 Å². The van der Waals surface area contributed by atoms with Gasteiger partial charge in [0.25, 0.3) is 0 Å². The standard InChI is InChI=1S/C21H22ClNO2/c1-15(24)18-10-9-17-5-3-13-23(20(17)14-18)21(25)6-2-4-16-7-11-19(22)12-8-16/h7-12,14H,2-6,13H2,1H3. The number of hydrogen-bond acceptors (Lipinski definition) is 2. The number of nitrogens with zero attached hydrogens (tertiary/aromatic N) is 1. The Labute approximate surface area is 153 Å². The van der Waals surface area contributed by atoms with Crippen molar-refractivity contribution in [3.63, 3.8) is 0 Å². The van der Waals surface area contributed by atoms with Crippen LogP contribution in [0.15, 0.2) is 42.5 Å². The maximum absolute atomic E-state index is 12.7. The predicted octanol–water partition coefficient (Wildman–Crippen LogP) is 4.84. The number of benzene rings is 2. The molecule has 3 nitrogen and oxygen atoms in total. The lowest BCUT2D eigenvalue weighted by atomic mass is 9.97. The summed E-state index contributed by atoms with van der Waals surface area (Å²) in [5.41, 5.74) is 3.92. The number of amides is 1. The van der Waals surface area contributed by atoms with Gasteiger partial charge in [-0.2, -0.15) is 0 Å². The molecule has 1 amide bonds. The molecule has 4 heteroatoms. The van der Waals surface area contributed by atoms with E-state index in [2.05, 4.69) is 0 Å². The number of carbonyl (C=O) groups is 2. The molecule has 130 valence electrons.